The Morgan fingerprint density at radius 1 is 0.966 bits per heavy atom. The standard InChI is InChI=1S/C24H31N3O2/c1-3-9-22(25-23(28)21-13-8-7-10-19(21)2)24(29)27-16-14-26(15-17-27)18-20-11-5-4-6-12-20/h4-8,10-13,22H,3,9,14-18H2,1-2H3,(H,25,28). The minimum atomic E-state index is -0.465. The van der Waals surface area contributed by atoms with Gasteiger partial charge in [0.25, 0.3) is 5.91 Å². The van der Waals surface area contributed by atoms with Crippen molar-refractivity contribution >= 4 is 11.8 Å². The molecule has 0 spiro atoms. The average molecular weight is 394 g/mol. The normalized spacial score (nSPS) is 15.7. The van der Waals surface area contributed by atoms with Crippen LogP contribution in [0.15, 0.2) is 54.6 Å². The Kier molecular flexibility index (Phi) is 7.42. The van der Waals surface area contributed by atoms with Crippen molar-refractivity contribution in [3.63, 3.8) is 0 Å². The van der Waals surface area contributed by atoms with Crippen LogP contribution in [0.1, 0.15) is 41.3 Å². The van der Waals surface area contributed by atoms with Gasteiger partial charge in [-0.25, -0.2) is 0 Å². The van der Waals surface area contributed by atoms with Crippen LogP contribution in [-0.4, -0.2) is 53.8 Å². The molecule has 1 saturated heterocycles. The van der Waals surface area contributed by atoms with E-state index in [0.29, 0.717) is 25.1 Å². The summed E-state index contributed by atoms with van der Waals surface area (Å²) in [4.78, 5) is 30.1. The van der Waals surface area contributed by atoms with Crippen molar-refractivity contribution in [1.82, 2.24) is 15.1 Å². The number of benzene rings is 2. The van der Waals surface area contributed by atoms with Gasteiger partial charge in [0.15, 0.2) is 0 Å². The minimum absolute atomic E-state index is 0.0353. The molecule has 5 nitrogen and oxygen atoms in total. The molecule has 0 aliphatic carbocycles. The first-order valence-electron chi connectivity index (χ1n) is 10.5. The fourth-order valence-corrected chi connectivity index (χ4v) is 3.80. The number of nitrogens with zero attached hydrogens (tertiary/aromatic N) is 2. The van der Waals surface area contributed by atoms with Crippen LogP contribution in [0.2, 0.25) is 0 Å². The maximum Gasteiger partial charge on any atom is 0.252 e. The van der Waals surface area contributed by atoms with E-state index in [0.717, 1.165) is 31.6 Å². The first-order valence-corrected chi connectivity index (χ1v) is 10.5. The molecule has 2 amide bonds. The molecule has 5 heteroatoms. The van der Waals surface area contributed by atoms with Crippen LogP contribution in [0.4, 0.5) is 0 Å². The second-order valence-electron chi connectivity index (χ2n) is 7.72. The van der Waals surface area contributed by atoms with Gasteiger partial charge in [-0.3, -0.25) is 14.5 Å². The number of aryl methyl sites for hydroxylation is 1. The molecule has 1 N–H and O–H groups in total. The fourth-order valence-electron chi connectivity index (χ4n) is 3.80. The van der Waals surface area contributed by atoms with Gasteiger partial charge in [-0.2, -0.15) is 0 Å². The maximum atomic E-state index is 13.1. The number of rotatable bonds is 7. The molecule has 1 aliphatic heterocycles. The molecule has 3 rings (SSSR count). The monoisotopic (exact) mass is 393 g/mol. The quantitative estimate of drug-likeness (QED) is 0.786. The summed E-state index contributed by atoms with van der Waals surface area (Å²) in [5.74, 6) is -0.134. The number of carbonyl (C=O) groups is 2. The predicted molar refractivity (Wildman–Crippen MR) is 116 cm³/mol. The lowest BCUT2D eigenvalue weighted by Crippen LogP contribution is -2.54. The molecule has 1 atom stereocenters. The summed E-state index contributed by atoms with van der Waals surface area (Å²) in [6.07, 6.45) is 1.50. The highest BCUT2D eigenvalue weighted by Gasteiger charge is 2.28. The average Bonchev–Trinajstić information content (AvgIpc) is 2.74. The van der Waals surface area contributed by atoms with E-state index in [9.17, 15) is 9.59 Å². The van der Waals surface area contributed by atoms with Gasteiger partial charge in [0.1, 0.15) is 6.04 Å². The van der Waals surface area contributed by atoms with Crippen molar-refractivity contribution in [1.29, 1.82) is 0 Å². The first kappa shape index (κ1) is 21.1. The molecule has 154 valence electrons. The van der Waals surface area contributed by atoms with E-state index < -0.39 is 6.04 Å². The van der Waals surface area contributed by atoms with Crippen molar-refractivity contribution in [3.05, 3.63) is 71.3 Å². The lowest BCUT2D eigenvalue weighted by atomic mass is 10.1. The van der Waals surface area contributed by atoms with E-state index in [4.69, 9.17) is 0 Å². The van der Waals surface area contributed by atoms with Crippen molar-refractivity contribution in [2.45, 2.75) is 39.3 Å². The third-order valence-electron chi connectivity index (χ3n) is 5.50. The van der Waals surface area contributed by atoms with Crippen LogP contribution in [-0.2, 0) is 11.3 Å². The molecule has 1 unspecified atom stereocenters. The second-order valence-corrected chi connectivity index (χ2v) is 7.72. The van der Waals surface area contributed by atoms with Crippen LogP contribution in [0.25, 0.3) is 0 Å². The molecular weight excluding hydrogens is 362 g/mol. The third kappa shape index (κ3) is 5.67. The number of nitrogens with one attached hydrogen (secondary N) is 1. The SMILES string of the molecule is CCCC(NC(=O)c1ccccc1C)C(=O)N1CCN(Cc2ccccc2)CC1. The number of piperazine rings is 1. The highest BCUT2D eigenvalue weighted by Crippen LogP contribution is 2.12. The van der Waals surface area contributed by atoms with E-state index in [1.807, 2.05) is 43.0 Å². The summed E-state index contributed by atoms with van der Waals surface area (Å²) in [5, 5.41) is 2.98. The Morgan fingerprint density at radius 3 is 2.28 bits per heavy atom. The molecule has 0 aromatic heterocycles. The Bertz CT molecular complexity index is 814. The van der Waals surface area contributed by atoms with Crippen molar-refractivity contribution in [2.75, 3.05) is 26.2 Å². The first-order chi connectivity index (χ1) is 14.1. The van der Waals surface area contributed by atoms with Gasteiger partial charge in [0.05, 0.1) is 0 Å². The Labute approximate surface area is 173 Å². The summed E-state index contributed by atoms with van der Waals surface area (Å²) in [6.45, 7) is 7.97. The van der Waals surface area contributed by atoms with E-state index in [-0.39, 0.29) is 11.8 Å². The highest BCUT2D eigenvalue weighted by molar-refractivity contribution is 5.98. The molecule has 1 aliphatic rings. The summed E-state index contributed by atoms with van der Waals surface area (Å²) in [5.41, 5.74) is 2.85. The minimum Gasteiger partial charge on any atom is -0.340 e. The van der Waals surface area contributed by atoms with Gasteiger partial charge in [0, 0.05) is 38.3 Å². The molecule has 29 heavy (non-hydrogen) atoms. The smallest absolute Gasteiger partial charge is 0.252 e. The molecule has 0 saturated carbocycles. The fraction of sp³-hybridized carbons (Fsp3) is 0.417. The zero-order valence-electron chi connectivity index (χ0n) is 17.4. The van der Waals surface area contributed by atoms with E-state index >= 15 is 0 Å². The van der Waals surface area contributed by atoms with E-state index in [1.54, 1.807) is 6.07 Å². The predicted octanol–water partition coefficient (Wildman–Crippen LogP) is 3.24. The highest BCUT2D eigenvalue weighted by atomic mass is 16.2. The van der Waals surface area contributed by atoms with Gasteiger partial charge in [0.2, 0.25) is 5.91 Å². The topological polar surface area (TPSA) is 52.7 Å². The summed E-state index contributed by atoms with van der Waals surface area (Å²) in [6, 6.07) is 17.4. The van der Waals surface area contributed by atoms with E-state index in [1.165, 1.54) is 5.56 Å². The maximum absolute atomic E-state index is 13.1. The Morgan fingerprint density at radius 2 is 1.62 bits per heavy atom. The van der Waals surface area contributed by atoms with Crippen LogP contribution in [0.3, 0.4) is 0 Å². The molecule has 2 aromatic carbocycles. The van der Waals surface area contributed by atoms with Crippen molar-refractivity contribution < 1.29 is 9.59 Å². The Hall–Kier alpha value is -2.66. The number of hydrogen-bond donors (Lipinski definition) is 1. The number of carbonyl (C=O) groups excluding carboxylic acids is 2. The van der Waals surface area contributed by atoms with E-state index in [2.05, 4.69) is 34.5 Å². The van der Waals surface area contributed by atoms with Crippen LogP contribution in [0, 0.1) is 6.92 Å². The summed E-state index contributed by atoms with van der Waals surface area (Å²) in [7, 11) is 0. The van der Waals surface area contributed by atoms with Gasteiger partial charge in [-0.15, -0.1) is 0 Å². The molecule has 0 bridgehead atoms. The second kappa shape index (κ2) is 10.2. The Balaban J connectivity index is 1.57. The lowest BCUT2D eigenvalue weighted by molar-refractivity contribution is -0.135. The zero-order valence-corrected chi connectivity index (χ0v) is 17.4. The molecule has 2 aromatic rings. The summed E-state index contributed by atoms with van der Waals surface area (Å²) >= 11 is 0. The van der Waals surface area contributed by atoms with Gasteiger partial charge in [-0.1, -0.05) is 61.9 Å². The third-order valence-corrected chi connectivity index (χ3v) is 5.50. The van der Waals surface area contributed by atoms with Crippen molar-refractivity contribution in [2.24, 2.45) is 0 Å². The molecule has 0 radical (unpaired) electrons. The van der Waals surface area contributed by atoms with Crippen LogP contribution < -0.4 is 5.32 Å². The summed E-state index contributed by atoms with van der Waals surface area (Å²) < 4.78 is 0. The van der Waals surface area contributed by atoms with Gasteiger partial charge >= 0.3 is 0 Å². The largest absolute Gasteiger partial charge is 0.340 e. The van der Waals surface area contributed by atoms with Crippen LogP contribution >= 0.6 is 0 Å². The molecule has 1 heterocycles. The number of hydrogen-bond acceptors (Lipinski definition) is 3. The molecule has 1 fully saturated rings. The van der Waals surface area contributed by atoms with Crippen molar-refractivity contribution in [3.8, 4) is 0 Å². The number of amides is 2. The zero-order chi connectivity index (χ0) is 20.6. The van der Waals surface area contributed by atoms with Gasteiger partial charge in [-0.05, 0) is 30.5 Å². The lowest BCUT2D eigenvalue weighted by Gasteiger charge is -2.36. The molecular formula is C24H31N3O2. The van der Waals surface area contributed by atoms with Crippen LogP contribution in [0.5, 0.6) is 0 Å². The van der Waals surface area contributed by atoms with Gasteiger partial charge < -0.3 is 10.2 Å².